The highest BCUT2D eigenvalue weighted by molar-refractivity contribution is 5.62. The highest BCUT2D eigenvalue weighted by atomic mass is 16.5. The van der Waals surface area contributed by atoms with Gasteiger partial charge in [0.15, 0.2) is 5.82 Å². The van der Waals surface area contributed by atoms with Crippen molar-refractivity contribution >= 4 is 0 Å². The van der Waals surface area contributed by atoms with Gasteiger partial charge in [-0.2, -0.15) is 4.98 Å². The fourth-order valence-corrected chi connectivity index (χ4v) is 2.58. The summed E-state index contributed by atoms with van der Waals surface area (Å²) < 4.78 is 16.2. The number of benzene rings is 1. The summed E-state index contributed by atoms with van der Waals surface area (Å²) in [6.07, 6.45) is 0. The topological polar surface area (TPSA) is 72.7 Å². The number of piperazine rings is 1. The molecule has 1 fully saturated rings. The van der Waals surface area contributed by atoms with E-state index in [1.165, 1.54) is 0 Å². The van der Waals surface area contributed by atoms with Crippen molar-refractivity contribution in [2.45, 2.75) is 6.04 Å². The monoisotopic (exact) mass is 318 g/mol. The van der Waals surface area contributed by atoms with Gasteiger partial charge in [0.1, 0.15) is 12.4 Å². The van der Waals surface area contributed by atoms with Gasteiger partial charge in [-0.1, -0.05) is 17.3 Å². The Morgan fingerprint density at radius 2 is 2.22 bits per heavy atom. The van der Waals surface area contributed by atoms with Gasteiger partial charge in [0.2, 0.25) is 0 Å². The second kappa shape index (κ2) is 7.54. The first kappa shape index (κ1) is 15.9. The van der Waals surface area contributed by atoms with Crippen LogP contribution in [0, 0.1) is 0 Å². The molecule has 2 heterocycles. The number of nitrogens with one attached hydrogen (secondary N) is 1. The largest absolute Gasteiger partial charge is 0.490 e. The van der Waals surface area contributed by atoms with E-state index in [1.807, 2.05) is 24.3 Å². The lowest BCUT2D eigenvalue weighted by molar-refractivity contribution is 0.146. The normalized spacial score (nSPS) is 19.0. The van der Waals surface area contributed by atoms with E-state index < -0.39 is 0 Å². The Labute approximate surface area is 135 Å². The van der Waals surface area contributed by atoms with Gasteiger partial charge in [-0.3, -0.25) is 4.90 Å². The molecule has 7 nitrogen and oxygen atoms in total. The highest BCUT2D eigenvalue weighted by Gasteiger charge is 2.26. The molecule has 23 heavy (non-hydrogen) atoms. The van der Waals surface area contributed by atoms with Crippen LogP contribution < -0.4 is 10.1 Å². The Hall–Kier alpha value is -1.96. The van der Waals surface area contributed by atoms with Crippen LogP contribution in [0.3, 0.4) is 0 Å². The van der Waals surface area contributed by atoms with Gasteiger partial charge in [-0.15, -0.1) is 0 Å². The second-order valence-electron chi connectivity index (χ2n) is 5.50. The molecule has 1 aromatic carbocycles. The Bertz CT molecular complexity index is 631. The number of rotatable bonds is 6. The first-order valence-corrected chi connectivity index (χ1v) is 7.75. The van der Waals surface area contributed by atoms with Crippen LogP contribution >= 0.6 is 0 Å². The lowest BCUT2D eigenvalue weighted by atomic mass is 10.2. The summed E-state index contributed by atoms with van der Waals surface area (Å²) in [6, 6.07) is 7.78. The van der Waals surface area contributed by atoms with Crippen molar-refractivity contribution in [3.63, 3.8) is 0 Å². The van der Waals surface area contributed by atoms with Gasteiger partial charge in [0.25, 0.3) is 5.89 Å². The van der Waals surface area contributed by atoms with E-state index in [-0.39, 0.29) is 6.04 Å². The summed E-state index contributed by atoms with van der Waals surface area (Å²) in [5.41, 5.74) is 0.800. The smallest absolute Gasteiger partial charge is 0.261 e. The number of ether oxygens (including phenoxy) is 2. The van der Waals surface area contributed by atoms with Gasteiger partial charge >= 0.3 is 0 Å². The van der Waals surface area contributed by atoms with E-state index in [4.69, 9.17) is 14.0 Å². The summed E-state index contributed by atoms with van der Waals surface area (Å²) in [4.78, 5) is 6.80. The fraction of sp³-hybridized carbons (Fsp3) is 0.500. The minimum atomic E-state index is 0.128. The minimum Gasteiger partial charge on any atom is -0.490 e. The van der Waals surface area contributed by atoms with E-state index in [0.29, 0.717) is 24.9 Å². The van der Waals surface area contributed by atoms with Crippen LogP contribution in [0.2, 0.25) is 0 Å². The number of para-hydroxylation sites is 1. The molecule has 1 atom stereocenters. The molecule has 0 aliphatic carbocycles. The third-order valence-electron chi connectivity index (χ3n) is 3.91. The molecule has 124 valence electrons. The Morgan fingerprint density at radius 3 is 3.04 bits per heavy atom. The minimum absolute atomic E-state index is 0.128. The summed E-state index contributed by atoms with van der Waals surface area (Å²) >= 11 is 0. The molecule has 3 rings (SSSR count). The summed E-state index contributed by atoms with van der Waals surface area (Å²) in [5.74, 6) is 1.89. The molecule has 1 N–H and O–H groups in total. The fourth-order valence-electron chi connectivity index (χ4n) is 2.58. The molecule has 0 radical (unpaired) electrons. The van der Waals surface area contributed by atoms with Crippen molar-refractivity contribution in [1.29, 1.82) is 0 Å². The first-order chi connectivity index (χ1) is 11.3. The molecule has 7 heteroatoms. The molecule has 0 spiro atoms. The molecule has 0 saturated carbocycles. The number of aromatic nitrogens is 2. The summed E-state index contributed by atoms with van der Waals surface area (Å²) in [5, 5.41) is 7.51. The predicted molar refractivity (Wildman–Crippen MR) is 85.3 cm³/mol. The molecule has 1 unspecified atom stereocenters. The van der Waals surface area contributed by atoms with Crippen LogP contribution in [0.5, 0.6) is 5.75 Å². The third-order valence-corrected chi connectivity index (χ3v) is 3.91. The van der Waals surface area contributed by atoms with Crippen LogP contribution in [0.1, 0.15) is 11.9 Å². The lowest BCUT2D eigenvalue weighted by Gasteiger charge is -2.30. The number of hydrogen-bond acceptors (Lipinski definition) is 7. The number of likely N-dealkylation sites (N-methyl/N-ethyl adjacent to an activating group) is 1. The molecule has 1 saturated heterocycles. The Balaban J connectivity index is 1.80. The van der Waals surface area contributed by atoms with Crippen molar-refractivity contribution in [2.75, 3.05) is 47.0 Å². The average molecular weight is 318 g/mol. The maximum absolute atomic E-state index is 5.73. The third kappa shape index (κ3) is 3.69. The molecule has 0 bridgehead atoms. The standard InChI is InChI=1S/C16H22N4O3/c1-20-8-7-17-11-13(20)15-18-16(23-19-15)12-5-3-4-6-14(12)22-10-9-21-2/h3-6,13,17H,7-11H2,1-2H3. The van der Waals surface area contributed by atoms with Gasteiger partial charge < -0.3 is 19.3 Å². The first-order valence-electron chi connectivity index (χ1n) is 7.75. The van der Waals surface area contributed by atoms with E-state index in [2.05, 4.69) is 27.4 Å². The highest BCUT2D eigenvalue weighted by Crippen LogP contribution is 2.30. The molecular formula is C16H22N4O3. The summed E-state index contributed by atoms with van der Waals surface area (Å²) in [6.45, 7) is 3.77. The number of methoxy groups -OCH3 is 1. The predicted octanol–water partition coefficient (Wildman–Crippen LogP) is 1.34. The SMILES string of the molecule is COCCOc1ccccc1-c1nc(C2CNCCN2C)no1. The van der Waals surface area contributed by atoms with E-state index in [1.54, 1.807) is 7.11 Å². The lowest BCUT2D eigenvalue weighted by Crippen LogP contribution is -2.44. The van der Waals surface area contributed by atoms with Crippen molar-refractivity contribution in [3.8, 4) is 17.2 Å². The van der Waals surface area contributed by atoms with Crippen LogP contribution in [0.15, 0.2) is 28.8 Å². The zero-order valence-corrected chi connectivity index (χ0v) is 13.5. The van der Waals surface area contributed by atoms with Crippen LogP contribution in [0.4, 0.5) is 0 Å². The number of nitrogens with zero attached hydrogens (tertiary/aromatic N) is 3. The zero-order chi connectivity index (χ0) is 16.1. The van der Waals surface area contributed by atoms with E-state index in [9.17, 15) is 0 Å². The molecule has 1 aromatic heterocycles. The molecule has 1 aliphatic rings. The Morgan fingerprint density at radius 1 is 1.35 bits per heavy atom. The van der Waals surface area contributed by atoms with E-state index >= 15 is 0 Å². The van der Waals surface area contributed by atoms with Gasteiger partial charge in [-0.05, 0) is 19.2 Å². The van der Waals surface area contributed by atoms with Crippen LogP contribution in [0.25, 0.3) is 11.5 Å². The van der Waals surface area contributed by atoms with Crippen LogP contribution in [-0.4, -0.2) is 62.0 Å². The summed E-state index contributed by atoms with van der Waals surface area (Å²) in [7, 11) is 3.72. The van der Waals surface area contributed by atoms with Gasteiger partial charge in [-0.25, -0.2) is 0 Å². The molecule has 2 aromatic rings. The van der Waals surface area contributed by atoms with Crippen molar-refractivity contribution in [2.24, 2.45) is 0 Å². The Kier molecular flexibility index (Phi) is 5.22. The molecule has 0 amide bonds. The van der Waals surface area contributed by atoms with Crippen molar-refractivity contribution in [1.82, 2.24) is 20.4 Å². The van der Waals surface area contributed by atoms with Crippen LogP contribution in [-0.2, 0) is 4.74 Å². The van der Waals surface area contributed by atoms with Gasteiger partial charge in [0, 0.05) is 26.7 Å². The molecule has 1 aliphatic heterocycles. The average Bonchev–Trinajstić information content (AvgIpc) is 3.05. The van der Waals surface area contributed by atoms with Gasteiger partial charge in [0.05, 0.1) is 18.2 Å². The molecular weight excluding hydrogens is 296 g/mol. The maximum Gasteiger partial charge on any atom is 0.261 e. The number of hydrogen-bond donors (Lipinski definition) is 1. The zero-order valence-electron chi connectivity index (χ0n) is 13.5. The maximum atomic E-state index is 5.73. The quantitative estimate of drug-likeness (QED) is 0.806. The van der Waals surface area contributed by atoms with Crippen molar-refractivity contribution < 1.29 is 14.0 Å². The van der Waals surface area contributed by atoms with E-state index in [0.717, 1.165) is 30.9 Å². The second-order valence-corrected chi connectivity index (χ2v) is 5.50. The van der Waals surface area contributed by atoms with Crippen molar-refractivity contribution in [3.05, 3.63) is 30.1 Å².